The Morgan fingerprint density at radius 3 is 2.37 bits per heavy atom. The van der Waals surface area contributed by atoms with Crippen LogP contribution < -0.4 is 5.32 Å². The van der Waals surface area contributed by atoms with Crippen LogP contribution in [0, 0.1) is 18.3 Å². The fraction of sp³-hybridized carbons (Fsp3) is 0.812. The molecule has 0 aromatic carbocycles. The largest absolute Gasteiger partial charge is 0.310 e. The third-order valence-electron chi connectivity index (χ3n) is 4.87. The molecular weight excluding hydrogens is 234 g/mol. The number of rotatable bonds is 3. The van der Waals surface area contributed by atoms with Crippen molar-refractivity contribution in [3.63, 3.8) is 0 Å². The van der Waals surface area contributed by atoms with Crippen LogP contribution in [0.25, 0.3) is 0 Å². The molecule has 1 saturated carbocycles. The van der Waals surface area contributed by atoms with E-state index in [1.54, 1.807) is 0 Å². The van der Waals surface area contributed by atoms with Gasteiger partial charge in [0.1, 0.15) is 0 Å². The zero-order valence-corrected chi connectivity index (χ0v) is 13.2. The van der Waals surface area contributed by atoms with E-state index in [1.807, 2.05) is 17.9 Å². The first-order valence-electron chi connectivity index (χ1n) is 7.59. The monoisotopic (exact) mass is 263 g/mol. The molecule has 1 aromatic rings. The van der Waals surface area contributed by atoms with Crippen molar-refractivity contribution >= 4 is 0 Å². The lowest BCUT2D eigenvalue weighted by molar-refractivity contribution is 0.160. The summed E-state index contributed by atoms with van der Waals surface area (Å²) >= 11 is 0. The van der Waals surface area contributed by atoms with Gasteiger partial charge >= 0.3 is 0 Å². The predicted octanol–water partition coefficient (Wildman–Crippen LogP) is 3.42. The highest BCUT2D eigenvalue weighted by molar-refractivity contribution is 5.15. The van der Waals surface area contributed by atoms with Gasteiger partial charge < -0.3 is 5.32 Å². The first-order chi connectivity index (χ1) is 8.88. The number of aryl methyl sites for hydroxylation is 1. The van der Waals surface area contributed by atoms with Crippen LogP contribution in [0.2, 0.25) is 0 Å². The van der Waals surface area contributed by atoms with Crippen LogP contribution >= 0.6 is 0 Å². The van der Waals surface area contributed by atoms with Crippen LogP contribution in [-0.4, -0.2) is 15.8 Å². The lowest BCUT2D eigenvalue weighted by atomic mass is 9.71. The highest BCUT2D eigenvalue weighted by Gasteiger charge is 2.29. The topological polar surface area (TPSA) is 29.9 Å². The summed E-state index contributed by atoms with van der Waals surface area (Å²) in [6.07, 6.45) is 7.37. The zero-order valence-electron chi connectivity index (χ0n) is 13.2. The summed E-state index contributed by atoms with van der Waals surface area (Å²) in [5, 5.41) is 8.01. The van der Waals surface area contributed by atoms with E-state index in [4.69, 9.17) is 0 Å². The molecule has 0 spiro atoms. The van der Waals surface area contributed by atoms with Gasteiger partial charge in [0, 0.05) is 30.9 Å². The number of nitrogens with one attached hydrogen (secondary N) is 1. The Bertz CT molecular complexity index is 406. The number of hydrogen-bond donors (Lipinski definition) is 1. The van der Waals surface area contributed by atoms with Crippen molar-refractivity contribution in [2.75, 3.05) is 0 Å². The third-order valence-corrected chi connectivity index (χ3v) is 4.87. The zero-order chi connectivity index (χ0) is 14.0. The molecule has 1 N–H and O–H groups in total. The molecule has 3 heteroatoms. The molecule has 0 bridgehead atoms. The van der Waals surface area contributed by atoms with Crippen LogP contribution in [0.4, 0.5) is 0 Å². The Balaban J connectivity index is 1.79. The number of aromatic nitrogens is 2. The quantitative estimate of drug-likeness (QED) is 0.905. The fourth-order valence-electron chi connectivity index (χ4n) is 3.14. The first kappa shape index (κ1) is 14.6. The van der Waals surface area contributed by atoms with Crippen molar-refractivity contribution in [3.8, 4) is 0 Å². The van der Waals surface area contributed by atoms with E-state index in [1.165, 1.54) is 36.9 Å². The van der Waals surface area contributed by atoms with Gasteiger partial charge in [-0.1, -0.05) is 20.8 Å². The molecule has 1 heterocycles. The second-order valence-electron chi connectivity index (χ2n) is 7.17. The van der Waals surface area contributed by atoms with E-state index in [0.717, 1.165) is 12.5 Å². The minimum absolute atomic E-state index is 0.477. The highest BCUT2D eigenvalue weighted by atomic mass is 15.3. The van der Waals surface area contributed by atoms with Gasteiger partial charge in [-0.3, -0.25) is 4.68 Å². The second kappa shape index (κ2) is 5.66. The minimum atomic E-state index is 0.477. The van der Waals surface area contributed by atoms with Gasteiger partial charge in [-0.05, 0) is 43.9 Å². The molecule has 1 fully saturated rings. The Hall–Kier alpha value is -0.830. The van der Waals surface area contributed by atoms with Gasteiger partial charge in [-0.15, -0.1) is 0 Å². The van der Waals surface area contributed by atoms with Gasteiger partial charge in [-0.25, -0.2) is 0 Å². The summed E-state index contributed by atoms with van der Waals surface area (Å²) in [5.74, 6) is 0.894. The lowest BCUT2D eigenvalue weighted by Crippen LogP contribution is -2.35. The molecule has 0 unspecified atom stereocenters. The second-order valence-corrected chi connectivity index (χ2v) is 7.17. The van der Waals surface area contributed by atoms with Gasteiger partial charge in [0.15, 0.2) is 0 Å². The molecule has 108 valence electrons. The van der Waals surface area contributed by atoms with Gasteiger partial charge in [-0.2, -0.15) is 5.10 Å². The molecule has 0 radical (unpaired) electrons. The third kappa shape index (κ3) is 3.59. The van der Waals surface area contributed by atoms with E-state index in [2.05, 4.69) is 38.1 Å². The minimum Gasteiger partial charge on any atom is -0.310 e. The maximum atomic E-state index is 4.30. The van der Waals surface area contributed by atoms with Gasteiger partial charge in [0.2, 0.25) is 0 Å². The molecule has 1 aromatic heterocycles. The highest BCUT2D eigenvalue weighted by Crippen LogP contribution is 2.37. The smallest absolute Gasteiger partial charge is 0.0537 e. The van der Waals surface area contributed by atoms with Crippen molar-refractivity contribution in [1.82, 2.24) is 15.1 Å². The summed E-state index contributed by atoms with van der Waals surface area (Å²) in [6.45, 7) is 10.2. The van der Waals surface area contributed by atoms with Gasteiger partial charge in [0.05, 0.1) is 6.20 Å². The molecule has 19 heavy (non-hydrogen) atoms. The molecule has 0 amide bonds. The fourth-order valence-corrected chi connectivity index (χ4v) is 3.14. The Kier molecular flexibility index (Phi) is 4.34. The van der Waals surface area contributed by atoms with Crippen molar-refractivity contribution in [2.45, 2.75) is 66.0 Å². The molecule has 0 saturated heterocycles. The number of hydrogen-bond acceptors (Lipinski definition) is 2. The average molecular weight is 263 g/mol. The van der Waals surface area contributed by atoms with E-state index >= 15 is 0 Å². The Morgan fingerprint density at radius 2 is 1.89 bits per heavy atom. The van der Waals surface area contributed by atoms with Crippen molar-refractivity contribution in [1.29, 1.82) is 0 Å². The van der Waals surface area contributed by atoms with E-state index in [9.17, 15) is 0 Å². The normalized spacial score (nSPS) is 24.7. The molecule has 1 aliphatic carbocycles. The van der Waals surface area contributed by atoms with E-state index < -0.39 is 0 Å². The molecule has 1 aliphatic rings. The molecular formula is C16H29N3. The van der Waals surface area contributed by atoms with Crippen molar-refractivity contribution in [3.05, 3.63) is 17.5 Å². The molecule has 3 nitrogen and oxygen atoms in total. The lowest BCUT2D eigenvalue weighted by Gasteiger charge is -2.37. The van der Waals surface area contributed by atoms with Crippen LogP contribution in [-0.2, 0) is 13.6 Å². The predicted molar refractivity (Wildman–Crippen MR) is 80.0 cm³/mol. The van der Waals surface area contributed by atoms with Crippen LogP contribution in [0.5, 0.6) is 0 Å². The van der Waals surface area contributed by atoms with E-state index in [-0.39, 0.29) is 0 Å². The standard InChI is InChI=1S/C16H29N3/c1-12-13(11-18-19(12)5)10-17-15-8-6-14(7-9-15)16(2,3)4/h11,14-15,17H,6-10H2,1-5H3. The SMILES string of the molecule is Cc1c(CNC2CCC(C(C)(C)C)CC2)cnn1C. The number of nitrogens with zero attached hydrogens (tertiary/aromatic N) is 2. The summed E-state index contributed by atoms with van der Waals surface area (Å²) in [5.41, 5.74) is 3.08. The van der Waals surface area contributed by atoms with E-state index in [0.29, 0.717) is 11.5 Å². The Morgan fingerprint density at radius 1 is 1.26 bits per heavy atom. The summed E-state index contributed by atoms with van der Waals surface area (Å²) in [6, 6.07) is 0.693. The summed E-state index contributed by atoms with van der Waals surface area (Å²) < 4.78 is 1.95. The molecule has 0 atom stereocenters. The van der Waals surface area contributed by atoms with Crippen LogP contribution in [0.1, 0.15) is 57.7 Å². The first-order valence-corrected chi connectivity index (χ1v) is 7.59. The van der Waals surface area contributed by atoms with Crippen LogP contribution in [0.15, 0.2) is 6.20 Å². The Labute approximate surface area is 117 Å². The molecule has 2 rings (SSSR count). The maximum absolute atomic E-state index is 4.30. The summed E-state index contributed by atoms with van der Waals surface area (Å²) in [7, 11) is 2.01. The maximum Gasteiger partial charge on any atom is 0.0537 e. The van der Waals surface area contributed by atoms with Gasteiger partial charge in [0.25, 0.3) is 0 Å². The average Bonchev–Trinajstić information content (AvgIpc) is 2.67. The van der Waals surface area contributed by atoms with Crippen molar-refractivity contribution < 1.29 is 0 Å². The van der Waals surface area contributed by atoms with Crippen molar-refractivity contribution in [2.24, 2.45) is 18.4 Å². The summed E-state index contributed by atoms with van der Waals surface area (Å²) in [4.78, 5) is 0. The molecule has 0 aliphatic heterocycles. The van der Waals surface area contributed by atoms with Crippen LogP contribution in [0.3, 0.4) is 0 Å².